The highest BCUT2D eigenvalue weighted by atomic mass is 16.3. The summed E-state index contributed by atoms with van der Waals surface area (Å²) in [5.41, 5.74) is 4.08. The summed E-state index contributed by atoms with van der Waals surface area (Å²) < 4.78 is 0. The van der Waals surface area contributed by atoms with Crippen LogP contribution in [0.2, 0.25) is 0 Å². The SMILES string of the molecule is CC(NN1CCN(C)CC1)c1cc(O)ccc1O. The topological polar surface area (TPSA) is 59.0 Å². The lowest BCUT2D eigenvalue weighted by Gasteiger charge is -2.34. The van der Waals surface area contributed by atoms with Crippen LogP contribution >= 0.6 is 0 Å². The Bertz CT molecular complexity index is 403. The van der Waals surface area contributed by atoms with Crippen LogP contribution in [0.3, 0.4) is 0 Å². The van der Waals surface area contributed by atoms with E-state index in [1.807, 2.05) is 6.92 Å². The molecule has 100 valence electrons. The maximum atomic E-state index is 9.80. The molecule has 0 bridgehead atoms. The Morgan fingerprint density at radius 1 is 1.17 bits per heavy atom. The van der Waals surface area contributed by atoms with Gasteiger partial charge in [0.1, 0.15) is 11.5 Å². The van der Waals surface area contributed by atoms with Gasteiger partial charge in [-0.1, -0.05) is 0 Å². The molecular weight excluding hydrogens is 230 g/mol. The van der Waals surface area contributed by atoms with Crippen molar-refractivity contribution in [3.63, 3.8) is 0 Å². The number of rotatable bonds is 3. The average Bonchev–Trinajstić information content (AvgIpc) is 2.35. The lowest BCUT2D eigenvalue weighted by Crippen LogP contribution is -2.51. The van der Waals surface area contributed by atoms with Crippen molar-refractivity contribution in [2.45, 2.75) is 13.0 Å². The maximum absolute atomic E-state index is 9.80. The summed E-state index contributed by atoms with van der Waals surface area (Å²) in [6, 6.07) is 4.58. The van der Waals surface area contributed by atoms with Crippen molar-refractivity contribution in [1.29, 1.82) is 0 Å². The van der Waals surface area contributed by atoms with Gasteiger partial charge in [-0.05, 0) is 32.2 Å². The number of phenols is 2. The number of nitrogens with one attached hydrogen (secondary N) is 1. The van der Waals surface area contributed by atoms with Crippen LogP contribution in [0.25, 0.3) is 0 Å². The number of nitrogens with zero attached hydrogens (tertiary/aromatic N) is 2. The highest BCUT2D eigenvalue weighted by Crippen LogP contribution is 2.27. The van der Waals surface area contributed by atoms with Gasteiger partial charge in [0, 0.05) is 37.8 Å². The minimum absolute atomic E-state index is 0.0273. The molecule has 1 aliphatic heterocycles. The summed E-state index contributed by atoms with van der Waals surface area (Å²) in [7, 11) is 2.11. The molecule has 1 aromatic rings. The van der Waals surface area contributed by atoms with Gasteiger partial charge in [0.05, 0.1) is 0 Å². The molecule has 0 aromatic heterocycles. The Hall–Kier alpha value is -1.30. The first-order valence-corrected chi connectivity index (χ1v) is 6.28. The van der Waals surface area contributed by atoms with Crippen LogP contribution in [0.5, 0.6) is 11.5 Å². The predicted molar refractivity (Wildman–Crippen MR) is 70.4 cm³/mol. The van der Waals surface area contributed by atoms with Crippen LogP contribution < -0.4 is 5.43 Å². The Labute approximate surface area is 108 Å². The zero-order valence-corrected chi connectivity index (χ0v) is 10.9. The Morgan fingerprint density at radius 2 is 1.83 bits per heavy atom. The van der Waals surface area contributed by atoms with E-state index in [9.17, 15) is 10.2 Å². The standard InChI is InChI=1S/C13H21N3O2/c1-10(12-9-11(17)3-4-13(12)18)14-16-7-5-15(2)6-8-16/h3-4,9-10,14,17-18H,5-8H2,1-2H3. The summed E-state index contributed by atoms with van der Waals surface area (Å²) in [4.78, 5) is 2.29. The molecule has 0 spiro atoms. The van der Waals surface area contributed by atoms with Crippen molar-refractivity contribution in [3.05, 3.63) is 23.8 Å². The van der Waals surface area contributed by atoms with Gasteiger partial charge in [-0.15, -0.1) is 0 Å². The van der Waals surface area contributed by atoms with Crippen molar-refractivity contribution in [3.8, 4) is 11.5 Å². The monoisotopic (exact) mass is 251 g/mol. The molecule has 1 heterocycles. The van der Waals surface area contributed by atoms with E-state index in [1.54, 1.807) is 6.07 Å². The molecule has 1 atom stereocenters. The molecule has 0 saturated carbocycles. The van der Waals surface area contributed by atoms with E-state index in [0.717, 1.165) is 26.2 Å². The molecule has 1 aromatic carbocycles. The molecule has 1 saturated heterocycles. The fourth-order valence-corrected chi connectivity index (χ4v) is 2.17. The van der Waals surface area contributed by atoms with Gasteiger partial charge in [-0.25, -0.2) is 10.4 Å². The molecule has 5 heteroatoms. The Morgan fingerprint density at radius 3 is 2.50 bits per heavy atom. The molecule has 18 heavy (non-hydrogen) atoms. The normalized spacial score (nSPS) is 19.9. The Kier molecular flexibility index (Phi) is 4.06. The summed E-state index contributed by atoms with van der Waals surface area (Å²) in [5.74, 6) is 0.386. The number of piperazine rings is 1. The summed E-state index contributed by atoms with van der Waals surface area (Å²) in [6.07, 6.45) is 0. The highest BCUT2D eigenvalue weighted by molar-refractivity contribution is 5.40. The lowest BCUT2D eigenvalue weighted by molar-refractivity contribution is 0.0894. The minimum atomic E-state index is -0.0273. The van der Waals surface area contributed by atoms with Gasteiger partial charge in [-0.3, -0.25) is 0 Å². The van der Waals surface area contributed by atoms with Crippen molar-refractivity contribution in [2.24, 2.45) is 0 Å². The third-order valence-corrected chi connectivity index (χ3v) is 3.36. The quantitative estimate of drug-likeness (QED) is 0.697. The second kappa shape index (κ2) is 5.56. The third-order valence-electron chi connectivity index (χ3n) is 3.36. The van der Waals surface area contributed by atoms with Crippen molar-refractivity contribution >= 4 is 0 Å². The zero-order valence-electron chi connectivity index (χ0n) is 10.9. The van der Waals surface area contributed by atoms with E-state index in [1.165, 1.54) is 12.1 Å². The van der Waals surface area contributed by atoms with Gasteiger partial charge in [0.2, 0.25) is 0 Å². The Balaban J connectivity index is 1.98. The van der Waals surface area contributed by atoms with Crippen LogP contribution in [0.1, 0.15) is 18.5 Å². The first-order valence-electron chi connectivity index (χ1n) is 6.28. The summed E-state index contributed by atoms with van der Waals surface area (Å²) >= 11 is 0. The van der Waals surface area contributed by atoms with Crippen molar-refractivity contribution in [2.75, 3.05) is 33.2 Å². The number of phenolic OH excluding ortho intramolecular Hbond substituents is 2. The fraction of sp³-hybridized carbons (Fsp3) is 0.538. The third kappa shape index (κ3) is 3.13. The minimum Gasteiger partial charge on any atom is -0.508 e. The van der Waals surface area contributed by atoms with Crippen molar-refractivity contribution in [1.82, 2.24) is 15.3 Å². The molecule has 1 unspecified atom stereocenters. The van der Waals surface area contributed by atoms with Crippen LogP contribution in [0, 0.1) is 0 Å². The molecule has 1 fully saturated rings. The second-order valence-electron chi connectivity index (χ2n) is 4.88. The van der Waals surface area contributed by atoms with E-state index < -0.39 is 0 Å². The first-order chi connectivity index (χ1) is 8.56. The van der Waals surface area contributed by atoms with Gasteiger partial charge in [-0.2, -0.15) is 0 Å². The van der Waals surface area contributed by atoms with E-state index in [2.05, 4.69) is 22.4 Å². The maximum Gasteiger partial charge on any atom is 0.120 e. The number of hydrazine groups is 1. The van der Waals surface area contributed by atoms with E-state index in [0.29, 0.717) is 5.56 Å². The number of likely N-dealkylation sites (N-methyl/N-ethyl adjacent to an activating group) is 1. The van der Waals surface area contributed by atoms with E-state index in [4.69, 9.17) is 0 Å². The predicted octanol–water partition coefficient (Wildman–Crippen LogP) is 0.911. The molecule has 0 aliphatic carbocycles. The van der Waals surface area contributed by atoms with E-state index >= 15 is 0 Å². The number of hydrogen-bond donors (Lipinski definition) is 3. The van der Waals surface area contributed by atoms with Crippen molar-refractivity contribution < 1.29 is 10.2 Å². The van der Waals surface area contributed by atoms with Gasteiger partial charge < -0.3 is 15.1 Å². The second-order valence-corrected chi connectivity index (χ2v) is 4.88. The highest BCUT2D eigenvalue weighted by Gasteiger charge is 2.18. The van der Waals surface area contributed by atoms with Gasteiger partial charge in [0.25, 0.3) is 0 Å². The average molecular weight is 251 g/mol. The molecular formula is C13H21N3O2. The zero-order chi connectivity index (χ0) is 13.1. The van der Waals surface area contributed by atoms with Crippen LogP contribution in [0.4, 0.5) is 0 Å². The van der Waals surface area contributed by atoms with Crippen LogP contribution in [-0.4, -0.2) is 53.3 Å². The molecule has 3 N–H and O–H groups in total. The molecule has 5 nitrogen and oxygen atoms in total. The number of hydrogen-bond acceptors (Lipinski definition) is 5. The number of benzene rings is 1. The first kappa shape index (κ1) is 13.1. The van der Waals surface area contributed by atoms with Crippen LogP contribution in [-0.2, 0) is 0 Å². The van der Waals surface area contributed by atoms with Gasteiger partial charge in [0.15, 0.2) is 0 Å². The van der Waals surface area contributed by atoms with Crippen LogP contribution in [0.15, 0.2) is 18.2 Å². The number of aromatic hydroxyl groups is 2. The largest absolute Gasteiger partial charge is 0.508 e. The van der Waals surface area contributed by atoms with E-state index in [-0.39, 0.29) is 17.5 Å². The van der Waals surface area contributed by atoms with Gasteiger partial charge >= 0.3 is 0 Å². The smallest absolute Gasteiger partial charge is 0.120 e. The molecule has 0 amide bonds. The molecule has 1 aliphatic rings. The fourth-order valence-electron chi connectivity index (χ4n) is 2.17. The summed E-state index contributed by atoms with van der Waals surface area (Å²) in [6.45, 7) is 5.96. The lowest BCUT2D eigenvalue weighted by atomic mass is 10.1. The summed E-state index contributed by atoms with van der Waals surface area (Å²) in [5, 5.41) is 21.4. The molecule has 2 rings (SSSR count). The molecule has 0 radical (unpaired) electrons.